The number of amides is 1. The molecule has 0 bridgehead atoms. The number of nitrogens with one attached hydrogen (secondary N) is 1. The Morgan fingerprint density at radius 2 is 1.81 bits per heavy atom. The Labute approximate surface area is 127 Å². The molecule has 0 aliphatic rings. The monoisotopic (exact) mass is 293 g/mol. The highest BCUT2D eigenvalue weighted by Crippen LogP contribution is 2.23. The number of carbonyl (C=O) groups is 1. The number of rotatable bonds is 6. The third kappa shape index (κ3) is 4.55. The molecule has 0 aliphatic carbocycles. The van der Waals surface area contributed by atoms with Gasteiger partial charge in [-0.05, 0) is 29.5 Å². The Hall–Kier alpha value is -1.39. The fraction of sp³-hybridized carbons (Fsp3) is 0.588. The average Bonchev–Trinajstić information content (AvgIpc) is 2.46. The standard InChI is InChI=1S/C17H27NO3/c1-5-9-17(11-19,12-20)18-15(21)13-7-6-8-14(10-13)16(2,3)4/h6-8,10,19-20H,5,9,11-12H2,1-4H3,(H,18,21). The number of hydrogen-bond donors (Lipinski definition) is 3. The van der Waals surface area contributed by atoms with E-state index in [-0.39, 0.29) is 24.5 Å². The van der Waals surface area contributed by atoms with Gasteiger partial charge in [-0.1, -0.05) is 46.2 Å². The second kappa shape index (κ2) is 7.05. The Morgan fingerprint density at radius 1 is 1.19 bits per heavy atom. The van der Waals surface area contributed by atoms with Crippen molar-refractivity contribution in [2.24, 2.45) is 0 Å². The first kappa shape index (κ1) is 17.7. The van der Waals surface area contributed by atoms with Crippen LogP contribution in [0.5, 0.6) is 0 Å². The van der Waals surface area contributed by atoms with Gasteiger partial charge in [-0.25, -0.2) is 0 Å². The van der Waals surface area contributed by atoms with Crippen LogP contribution in [0.25, 0.3) is 0 Å². The first-order valence-electron chi connectivity index (χ1n) is 7.43. The van der Waals surface area contributed by atoms with Gasteiger partial charge in [0.2, 0.25) is 0 Å². The number of carbonyl (C=O) groups excluding carboxylic acids is 1. The van der Waals surface area contributed by atoms with Crippen molar-refractivity contribution in [3.63, 3.8) is 0 Å². The molecule has 0 saturated heterocycles. The van der Waals surface area contributed by atoms with E-state index in [4.69, 9.17) is 0 Å². The molecule has 0 fully saturated rings. The molecule has 0 spiro atoms. The normalized spacial score (nSPS) is 12.3. The zero-order valence-corrected chi connectivity index (χ0v) is 13.4. The van der Waals surface area contributed by atoms with Crippen molar-refractivity contribution in [2.45, 2.75) is 51.5 Å². The molecule has 0 aliphatic heterocycles. The van der Waals surface area contributed by atoms with Crippen LogP contribution < -0.4 is 5.32 Å². The maximum atomic E-state index is 12.4. The Kier molecular flexibility index (Phi) is 5.93. The highest BCUT2D eigenvalue weighted by atomic mass is 16.3. The van der Waals surface area contributed by atoms with E-state index < -0.39 is 5.54 Å². The smallest absolute Gasteiger partial charge is 0.251 e. The Bertz CT molecular complexity index is 473. The van der Waals surface area contributed by atoms with Gasteiger partial charge in [-0.15, -0.1) is 0 Å². The van der Waals surface area contributed by atoms with Crippen molar-refractivity contribution in [1.82, 2.24) is 5.32 Å². The Morgan fingerprint density at radius 3 is 2.29 bits per heavy atom. The second-order valence-electron chi connectivity index (χ2n) is 6.63. The van der Waals surface area contributed by atoms with Crippen molar-refractivity contribution < 1.29 is 15.0 Å². The van der Waals surface area contributed by atoms with Crippen LogP contribution in [0.4, 0.5) is 0 Å². The summed E-state index contributed by atoms with van der Waals surface area (Å²) >= 11 is 0. The predicted molar refractivity (Wildman–Crippen MR) is 84.4 cm³/mol. The van der Waals surface area contributed by atoms with Crippen LogP contribution in [0, 0.1) is 0 Å². The van der Waals surface area contributed by atoms with Crippen LogP contribution in [0.15, 0.2) is 24.3 Å². The van der Waals surface area contributed by atoms with Crippen LogP contribution in [0.1, 0.15) is 56.5 Å². The van der Waals surface area contributed by atoms with E-state index in [0.717, 1.165) is 12.0 Å². The summed E-state index contributed by atoms with van der Waals surface area (Å²) < 4.78 is 0. The van der Waals surface area contributed by atoms with Gasteiger partial charge in [0.05, 0.1) is 18.8 Å². The summed E-state index contributed by atoms with van der Waals surface area (Å²) in [5, 5.41) is 21.8. The summed E-state index contributed by atoms with van der Waals surface area (Å²) in [7, 11) is 0. The van der Waals surface area contributed by atoms with Crippen LogP contribution >= 0.6 is 0 Å². The highest BCUT2D eigenvalue weighted by Gasteiger charge is 2.30. The van der Waals surface area contributed by atoms with Gasteiger partial charge in [0.15, 0.2) is 0 Å². The average molecular weight is 293 g/mol. The van der Waals surface area contributed by atoms with Crippen molar-refractivity contribution in [1.29, 1.82) is 0 Å². The van der Waals surface area contributed by atoms with Gasteiger partial charge in [-0.3, -0.25) is 4.79 Å². The summed E-state index contributed by atoms with van der Waals surface area (Å²) in [6.07, 6.45) is 1.30. The minimum absolute atomic E-state index is 0.0370. The molecule has 1 aromatic rings. The van der Waals surface area contributed by atoms with Gasteiger partial charge in [-0.2, -0.15) is 0 Å². The van der Waals surface area contributed by atoms with Gasteiger partial charge in [0, 0.05) is 5.56 Å². The molecule has 4 nitrogen and oxygen atoms in total. The van der Waals surface area contributed by atoms with Crippen molar-refractivity contribution in [3.8, 4) is 0 Å². The third-order valence-corrected chi connectivity index (χ3v) is 3.70. The van der Waals surface area contributed by atoms with E-state index in [1.165, 1.54) is 0 Å². The third-order valence-electron chi connectivity index (χ3n) is 3.70. The van der Waals surface area contributed by atoms with Gasteiger partial charge < -0.3 is 15.5 Å². The molecule has 1 aromatic carbocycles. The van der Waals surface area contributed by atoms with E-state index in [0.29, 0.717) is 12.0 Å². The topological polar surface area (TPSA) is 69.6 Å². The molecule has 3 N–H and O–H groups in total. The van der Waals surface area contributed by atoms with Crippen LogP contribution in [-0.2, 0) is 5.41 Å². The molecule has 0 unspecified atom stereocenters. The number of hydrogen-bond acceptors (Lipinski definition) is 3. The van der Waals surface area contributed by atoms with Crippen LogP contribution in [-0.4, -0.2) is 34.9 Å². The summed E-state index contributed by atoms with van der Waals surface area (Å²) in [6, 6.07) is 7.46. The molecule has 1 amide bonds. The van der Waals surface area contributed by atoms with E-state index in [1.807, 2.05) is 25.1 Å². The second-order valence-corrected chi connectivity index (χ2v) is 6.63. The molecular weight excluding hydrogens is 266 g/mol. The summed E-state index contributed by atoms with van der Waals surface area (Å²) in [6.45, 7) is 7.67. The molecule has 21 heavy (non-hydrogen) atoms. The molecular formula is C17H27NO3. The van der Waals surface area contributed by atoms with E-state index >= 15 is 0 Å². The summed E-state index contributed by atoms with van der Waals surface area (Å²) in [4.78, 5) is 12.4. The zero-order valence-electron chi connectivity index (χ0n) is 13.4. The minimum atomic E-state index is -0.955. The molecule has 0 aromatic heterocycles. The number of aliphatic hydroxyl groups is 2. The van der Waals surface area contributed by atoms with E-state index in [9.17, 15) is 15.0 Å². The SMILES string of the molecule is CCCC(CO)(CO)NC(=O)c1cccc(C(C)(C)C)c1. The lowest BCUT2D eigenvalue weighted by atomic mass is 9.86. The van der Waals surface area contributed by atoms with Crippen molar-refractivity contribution in [2.75, 3.05) is 13.2 Å². The molecule has 118 valence electrons. The lowest BCUT2D eigenvalue weighted by molar-refractivity contribution is 0.0632. The molecule has 0 radical (unpaired) electrons. The van der Waals surface area contributed by atoms with Crippen LogP contribution in [0.3, 0.4) is 0 Å². The molecule has 0 heterocycles. The Balaban J connectivity index is 2.98. The quantitative estimate of drug-likeness (QED) is 0.753. The zero-order chi connectivity index (χ0) is 16.1. The first-order chi connectivity index (χ1) is 9.78. The van der Waals surface area contributed by atoms with Crippen molar-refractivity contribution in [3.05, 3.63) is 35.4 Å². The largest absolute Gasteiger partial charge is 0.394 e. The van der Waals surface area contributed by atoms with Gasteiger partial charge >= 0.3 is 0 Å². The lowest BCUT2D eigenvalue weighted by Crippen LogP contribution is -2.54. The predicted octanol–water partition coefficient (Wildman–Crippen LogP) is 2.24. The minimum Gasteiger partial charge on any atom is -0.394 e. The maximum Gasteiger partial charge on any atom is 0.251 e. The van der Waals surface area contributed by atoms with Crippen LogP contribution in [0.2, 0.25) is 0 Å². The highest BCUT2D eigenvalue weighted by molar-refractivity contribution is 5.95. The lowest BCUT2D eigenvalue weighted by Gasteiger charge is -2.31. The number of aliphatic hydroxyl groups excluding tert-OH is 2. The van der Waals surface area contributed by atoms with E-state index in [1.54, 1.807) is 6.07 Å². The maximum absolute atomic E-state index is 12.4. The fourth-order valence-electron chi connectivity index (χ4n) is 2.27. The van der Waals surface area contributed by atoms with E-state index in [2.05, 4.69) is 26.1 Å². The fourth-order valence-corrected chi connectivity index (χ4v) is 2.27. The molecule has 4 heteroatoms. The summed E-state index contributed by atoms with van der Waals surface area (Å²) in [5.41, 5.74) is 0.628. The number of benzene rings is 1. The van der Waals surface area contributed by atoms with Gasteiger partial charge in [0.25, 0.3) is 5.91 Å². The van der Waals surface area contributed by atoms with Gasteiger partial charge in [0.1, 0.15) is 0 Å². The molecule has 0 saturated carbocycles. The summed E-state index contributed by atoms with van der Waals surface area (Å²) in [5.74, 6) is -0.266. The first-order valence-corrected chi connectivity index (χ1v) is 7.43. The molecule has 0 atom stereocenters. The van der Waals surface area contributed by atoms with Crippen molar-refractivity contribution >= 4 is 5.91 Å². The molecule has 1 rings (SSSR count).